The van der Waals surface area contributed by atoms with Crippen LogP contribution < -0.4 is 15.2 Å². The first kappa shape index (κ1) is 11.9. The zero-order chi connectivity index (χ0) is 11.4. The van der Waals surface area contributed by atoms with Crippen molar-refractivity contribution in [2.24, 2.45) is 5.73 Å². The van der Waals surface area contributed by atoms with E-state index >= 15 is 0 Å². The average molecular weight is 209 g/mol. The molecule has 0 spiro atoms. The minimum Gasteiger partial charge on any atom is -0.493 e. The van der Waals surface area contributed by atoms with E-state index in [2.05, 4.69) is 6.92 Å². The second-order valence-corrected chi connectivity index (χ2v) is 3.57. The third-order valence-electron chi connectivity index (χ3n) is 2.66. The molecule has 84 valence electrons. The van der Waals surface area contributed by atoms with Crippen molar-refractivity contribution in [3.63, 3.8) is 0 Å². The molecule has 0 saturated heterocycles. The van der Waals surface area contributed by atoms with Crippen molar-refractivity contribution in [1.29, 1.82) is 0 Å². The van der Waals surface area contributed by atoms with Crippen LogP contribution in [0, 0.1) is 13.8 Å². The maximum absolute atomic E-state index is 5.59. The molecule has 0 atom stereocenters. The molecule has 0 bridgehead atoms. The molecule has 0 fully saturated rings. The predicted molar refractivity (Wildman–Crippen MR) is 61.8 cm³/mol. The van der Waals surface area contributed by atoms with Gasteiger partial charge in [-0.3, -0.25) is 0 Å². The molecular formula is C12H19NO2. The highest BCUT2D eigenvalue weighted by Crippen LogP contribution is 2.35. The van der Waals surface area contributed by atoms with Crippen LogP contribution in [0.1, 0.15) is 16.7 Å². The van der Waals surface area contributed by atoms with E-state index in [9.17, 15) is 0 Å². The summed E-state index contributed by atoms with van der Waals surface area (Å²) < 4.78 is 10.6. The molecule has 0 aliphatic rings. The molecule has 3 heteroatoms. The highest BCUT2D eigenvalue weighted by atomic mass is 16.5. The summed E-state index contributed by atoms with van der Waals surface area (Å²) >= 11 is 0. The minimum atomic E-state index is 0.650. The van der Waals surface area contributed by atoms with Crippen LogP contribution in [0.25, 0.3) is 0 Å². The molecule has 1 aromatic rings. The number of aryl methyl sites for hydroxylation is 1. The third-order valence-corrected chi connectivity index (χ3v) is 2.66. The maximum atomic E-state index is 5.59. The first-order valence-electron chi connectivity index (χ1n) is 5.06. The zero-order valence-corrected chi connectivity index (χ0v) is 9.89. The fourth-order valence-corrected chi connectivity index (χ4v) is 1.90. The Labute approximate surface area is 91.2 Å². The molecule has 15 heavy (non-hydrogen) atoms. The molecule has 0 saturated carbocycles. The number of nitrogens with two attached hydrogens (primary N) is 1. The van der Waals surface area contributed by atoms with Gasteiger partial charge in [0.1, 0.15) is 0 Å². The lowest BCUT2D eigenvalue weighted by atomic mass is 9.98. The molecular weight excluding hydrogens is 190 g/mol. The van der Waals surface area contributed by atoms with E-state index < -0.39 is 0 Å². The molecule has 0 heterocycles. The smallest absolute Gasteiger partial charge is 0.163 e. The first-order chi connectivity index (χ1) is 7.15. The summed E-state index contributed by atoms with van der Waals surface area (Å²) in [6.07, 6.45) is 0.873. The quantitative estimate of drug-likeness (QED) is 0.822. The Morgan fingerprint density at radius 3 is 2.33 bits per heavy atom. The number of benzene rings is 1. The Morgan fingerprint density at radius 1 is 1.20 bits per heavy atom. The van der Waals surface area contributed by atoms with E-state index in [1.165, 1.54) is 11.1 Å². The van der Waals surface area contributed by atoms with E-state index in [-0.39, 0.29) is 0 Å². The molecule has 3 nitrogen and oxygen atoms in total. The van der Waals surface area contributed by atoms with Gasteiger partial charge >= 0.3 is 0 Å². The van der Waals surface area contributed by atoms with Gasteiger partial charge in [0.15, 0.2) is 11.5 Å². The Morgan fingerprint density at radius 2 is 1.87 bits per heavy atom. The van der Waals surface area contributed by atoms with Crippen molar-refractivity contribution in [3.05, 3.63) is 22.8 Å². The lowest BCUT2D eigenvalue weighted by Crippen LogP contribution is -2.07. The van der Waals surface area contributed by atoms with Gasteiger partial charge in [0.2, 0.25) is 0 Å². The van der Waals surface area contributed by atoms with Gasteiger partial charge in [-0.25, -0.2) is 0 Å². The van der Waals surface area contributed by atoms with Gasteiger partial charge in [-0.1, -0.05) is 0 Å². The first-order valence-corrected chi connectivity index (χ1v) is 5.06. The minimum absolute atomic E-state index is 0.650. The second-order valence-electron chi connectivity index (χ2n) is 3.57. The summed E-state index contributed by atoms with van der Waals surface area (Å²) in [5.41, 5.74) is 9.18. The SMILES string of the molecule is COc1cc(C)c(CCN)c(C)c1OC. The molecule has 1 rings (SSSR count). The van der Waals surface area contributed by atoms with Crippen molar-refractivity contribution in [1.82, 2.24) is 0 Å². The van der Waals surface area contributed by atoms with Crippen LogP contribution in [-0.2, 0) is 6.42 Å². The monoisotopic (exact) mass is 209 g/mol. The number of methoxy groups -OCH3 is 2. The van der Waals surface area contributed by atoms with Crippen LogP contribution in [0.15, 0.2) is 6.07 Å². The normalized spacial score (nSPS) is 10.2. The molecule has 0 radical (unpaired) electrons. The highest BCUT2D eigenvalue weighted by molar-refractivity contribution is 5.53. The van der Waals surface area contributed by atoms with E-state index in [1.54, 1.807) is 14.2 Å². The van der Waals surface area contributed by atoms with Gasteiger partial charge in [-0.15, -0.1) is 0 Å². The van der Waals surface area contributed by atoms with E-state index in [0.29, 0.717) is 6.54 Å². The van der Waals surface area contributed by atoms with Crippen LogP contribution in [0.5, 0.6) is 11.5 Å². The summed E-state index contributed by atoms with van der Waals surface area (Å²) in [7, 11) is 3.31. The van der Waals surface area contributed by atoms with Crippen molar-refractivity contribution >= 4 is 0 Å². The van der Waals surface area contributed by atoms with Gasteiger partial charge in [0.05, 0.1) is 14.2 Å². The van der Waals surface area contributed by atoms with Crippen molar-refractivity contribution in [3.8, 4) is 11.5 Å². The molecule has 0 aliphatic heterocycles. The number of hydrogen-bond acceptors (Lipinski definition) is 3. The Hall–Kier alpha value is -1.22. The van der Waals surface area contributed by atoms with Crippen molar-refractivity contribution in [2.75, 3.05) is 20.8 Å². The van der Waals surface area contributed by atoms with Gasteiger partial charge in [-0.2, -0.15) is 0 Å². The summed E-state index contributed by atoms with van der Waals surface area (Å²) in [5, 5.41) is 0. The number of hydrogen-bond donors (Lipinski definition) is 1. The van der Waals surface area contributed by atoms with Gasteiger partial charge in [-0.05, 0) is 49.6 Å². The van der Waals surface area contributed by atoms with Crippen molar-refractivity contribution < 1.29 is 9.47 Å². The Balaban J connectivity index is 3.31. The largest absolute Gasteiger partial charge is 0.493 e. The summed E-state index contributed by atoms with van der Waals surface area (Å²) in [6.45, 7) is 4.76. The standard InChI is InChI=1S/C12H19NO2/c1-8-7-11(14-3)12(15-4)9(2)10(8)5-6-13/h7H,5-6,13H2,1-4H3. The fraction of sp³-hybridized carbons (Fsp3) is 0.500. The topological polar surface area (TPSA) is 44.5 Å². The average Bonchev–Trinajstić information content (AvgIpc) is 2.23. The Bertz CT molecular complexity index is 348. The van der Waals surface area contributed by atoms with E-state index in [1.807, 2.05) is 13.0 Å². The molecule has 2 N–H and O–H groups in total. The van der Waals surface area contributed by atoms with Gasteiger partial charge in [0.25, 0.3) is 0 Å². The molecule has 0 amide bonds. The van der Waals surface area contributed by atoms with Gasteiger partial charge < -0.3 is 15.2 Å². The van der Waals surface area contributed by atoms with E-state index in [4.69, 9.17) is 15.2 Å². The molecule has 0 aliphatic carbocycles. The maximum Gasteiger partial charge on any atom is 0.163 e. The second kappa shape index (κ2) is 5.03. The number of ether oxygens (including phenoxy) is 2. The van der Waals surface area contributed by atoms with Crippen LogP contribution in [0.4, 0.5) is 0 Å². The van der Waals surface area contributed by atoms with Crippen LogP contribution in [0.3, 0.4) is 0 Å². The lowest BCUT2D eigenvalue weighted by molar-refractivity contribution is 0.352. The molecule has 0 aromatic heterocycles. The summed E-state index contributed by atoms with van der Waals surface area (Å²) in [5.74, 6) is 1.60. The highest BCUT2D eigenvalue weighted by Gasteiger charge is 2.13. The molecule has 1 aromatic carbocycles. The van der Waals surface area contributed by atoms with Crippen LogP contribution in [-0.4, -0.2) is 20.8 Å². The zero-order valence-electron chi connectivity index (χ0n) is 9.89. The Kier molecular flexibility index (Phi) is 3.97. The lowest BCUT2D eigenvalue weighted by Gasteiger charge is -2.16. The van der Waals surface area contributed by atoms with Crippen LogP contribution >= 0.6 is 0 Å². The third kappa shape index (κ3) is 2.23. The summed E-state index contributed by atoms with van der Waals surface area (Å²) in [6, 6.07) is 2.00. The number of rotatable bonds is 4. The van der Waals surface area contributed by atoms with Crippen molar-refractivity contribution in [2.45, 2.75) is 20.3 Å². The molecule has 0 unspecified atom stereocenters. The van der Waals surface area contributed by atoms with Crippen LogP contribution in [0.2, 0.25) is 0 Å². The summed E-state index contributed by atoms with van der Waals surface area (Å²) in [4.78, 5) is 0. The predicted octanol–water partition coefficient (Wildman–Crippen LogP) is 1.82. The van der Waals surface area contributed by atoms with Gasteiger partial charge in [0, 0.05) is 0 Å². The fourth-order valence-electron chi connectivity index (χ4n) is 1.90. The van der Waals surface area contributed by atoms with E-state index in [0.717, 1.165) is 23.5 Å².